The molecular formula is C17H16N2O3. The molecule has 3 rings (SSSR count). The lowest BCUT2D eigenvalue weighted by molar-refractivity contribution is 0.0924. The van der Waals surface area contributed by atoms with Crippen LogP contribution in [0.5, 0.6) is 5.75 Å². The van der Waals surface area contributed by atoms with Gasteiger partial charge < -0.3 is 14.5 Å². The van der Waals surface area contributed by atoms with Gasteiger partial charge in [0.05, 0.1) is 19.3 Å². The molecule has 0 radical (unpaired) electrons. The zero-order valence-corrected chi connectivity index (χ0v) is 12.4. The first-order valence-corrected chi connectivity index (χ1v) is 6.94. The quantitative estimate of drug-likeness (QED) is 0.803. The van der Waals surface area contributed by atoms with Crippen LogP contribution >= 0.6 is 0 Å². The maximum Gasteiger partial charge on any atom is 0.287 e. The summed E-state index contributed by atoms with van der Waals surface area (Å²) in [5.41, 5.74) is 2.26. The van der Waals surface area contributed by atoms with Crippen LogP contribution in [0.25, 0.3) is 11.0 Å². The lowest BCUT2D eigenvalue weighted by Crippen LogP contribution is -2.23. The molecule has 0 aliphatic rings. The lowest BCUT2D eigenvalue weighted by atomic mass is 10.1. The van der Waals surface area contributed by atoms with E-state index >= 15 is 0 Å². The number of pyridine rings is 1. The summed E-state index contributed by atoms with van der Waals surface area (Å²) in [5, 5.41) is 3.70. The molecule has 1 aromatic carbocycles. The predicted octanol–water partition coefficient (Wildman–Crippen LogP) is 3.07. The van der Waals surface area contributed by atoms with E-state index in [9.17, 15) is 4.79 Å². The third kappa shape index (κ3) is 2.65. The van der Waals surface area contributed by atoms with Crippen molar-refractivity contribution in [2.24, 2.45) is 0 Å². The second-order valence-corrected chi connectivity index (χ2v) is 4.92. The molecule has 0 atom stereocenters. The summed E-state index contributed by atoms with van der Waals surface area (Å²) < 4.78 is 10.9. The second-order valence-electron chi connectivity index (χ2n) is 4.92. The summed E-state index contributed by atoms with van der Waals surface area (Å²) in [4.78, 5) is 16.5. The third-order valence-electron chi connectivity index (χ3n) is 3.51. The van der Waals surface area contributed by atoms with Gasteiger partial charge in [0.1, 0.15) is 11.3 Å². The Hall–Kier alpha value is -2.82. The van der Waals surface area contributed by atoms with Gasteiger partial charge in [-0.25, -0.2) is 0 Å². The Morgan fingerprint density at radius 2 is 2.18 bits per heavy atom. The highest BCUT2D eigenvalue weighted by Gasteiger charge is 2.17. The molecule has 0 aliphatic heterocycles. The standard InChI is InChI=1S/C17H16N2O3/c1-11-14-9-13(21-2)6-7-15(14)22-16(11)17(20)19-10-12-5-3-4-8-18-12/h3-9H,10H2,1-2H3,(H,19,20). The minimum absolute atomic E-state index is 0.252. The van der Waals surface area contributed by atoms with Crippen molar-refractivity contribution in [3.63, 3.8) is 0 Å². The van der Waals surface area contributed by atoms with Crippen LogP contribution in [-0.2, 0) is 6.54 Å². The van der Waals surface area contributed by atoms with Crippen molar-refractivity contribution in [1.82, 2.24) is 10.3 Å². The number of aryl methyl sites for hydroxylation is 1. The average molecular weight is 296 g/mol. The first-order valence-electron chi connectivity index (χ1n) is 6.94. The molecule has 0 spiro atoms. The molecule has 0 aliphatic carbocycles. The first-order chi connectivity index (χ1) is 10.7. The Morgan fingerprint density at radius 3 is 2.91 bits per heavy atom. The molecule has 1 amide bonds. The van der Waals surface area contributed by atoms with E-state index in [1.54, 1.807) is 25.4 Å². The third-order valence-corrected chi connectivity index (χ3v) is 3.51. The Labute approximate surface area is 127 Å². The van der Waals surface area contributed by atoms with Crippen molar-refractivity contribution in [2.75, 3.05) is 7.11 Å². The highest BCUT2D eigenvalue weighted by atomic mass is 16.5. The minimum atomic E-state index is -0.252. The molecule has 112 valence electrons. The van der Waals surface area contributed by atoms with Gasteiger partial charge in [-0.15, -0.1) is 0 Å². The van der Waals surface area contributed by atoms with Crippen LogP contribution in [0.2, 0.25) is 0 Å². The maximum atomic E-state index is 12.3. The van der Waals surface area contributed by atoms with Crippen molar-refractivity contribution in [3.8, 4) is 5.75 Å². The number of hydrogen-bond acceptors (Lipinski definition) is 4. The van der Waals surface area contributed by atoms with Crippen LogP contribution in [0.3, 0.4) is 0 Å². The molecule has 0 fully saturated rings. The van der Waals surface area contributed by atoms with Gasteiger partial charge in [-0.2, -0.15) is 0 Å². The van der Waals surface area contributed by atoms with Crippen molar-refractivity contribution in [2.45, 2.75) is 13.5 Å². The van der Waals surface area contributed by atoms with Crippen LogP contribution < -0.4 is 10.1 Å². The van der Waals surface area contributed by atoms with E-state index < -0.39 is 0 Å². The van der Waals surface area contributed by atoms with Crippen LogP contribution in [0.4, 0.5) is 0 Å². The van der Waals surface area contributed by atoms with Crippen molar-refractivity contribution in [3.05, 3.63) is 59.6 Å². The normalized spacial score (nSPS) is 10.6. The van der Waals surface area contributed by atoms with Gasteiger partial charge in [0, 0.05) is 17.1 Å². The van der Waals surface area contributed by atoms with E-state index in [-0.39, 0.29) is 5.91 Å². The fraction of sp³-hybridized carbons (Fsp3) is 0.176. The number of carbonyl (C=O) groups is 1. The summed E-state index contributed by atoms with van der Waals surface area (Å²) >= 11 is 0. The summed E-state index contributed by atoms with van der Waals surface area (Å²) in [5.74, 6) is 0.800. The maximum absolute atomic E-state index is 12.3. The van der Waals surface area contributed by atoms with E-state index in [0.29, 0.717) is 17.9 Å². The number of fused-ring (bicyclic) bond motifs is 1. The van der Waals surface area contributed by atoms with E-state index in [0.717, 1.165) is 22.4 Å². The zero-order valence-electron chi connectivity index (χ0n) is 12.4. The van der Waals surface area contributed by atoms with Crippen molar-refractivity contribution < 1.29 is 13.9 Å². The van der Waals surface area contributed by atoms with E-state index in [1.165, 1.54) is 0 Å². The van der Waals surface area contributed by atoms with E-state index in [4.69, 9.17) is 9.15 Å². The molecule has 5 heteroatoms. The van der Waals surface area contributed by atoms with Gasteiger partial charge in [0.2, 0.25) is 0 Å². The fourth-order valence-corrected chi connectivity index (χ4v) is 2.30. The number of nitrogens with one attached hydrogen (secondary N) is 1. The van der Waals surface area contributed by atoms with Gasteiger partial charge in [0.15, 0.2) is 5.76 Å². The van der Waals surface area contributed by atoms with Crippen molar-refractivity contribution >= 4 is 16.9 Å². The highest BCUT2D eigenvalue weighted by Crippen LogP contribution is 2.28. The number of methoxy groups -OCH3 is 1. The SMILES string of the molecule is COc1ccc2oc(C(=O)NCc3ccccn3)c(C)c2c1. The molecule has 5 nitrogen and oxygen atoms in total. The Morgan fingerprint density at radius 1 is 1.32 bits per heavy atom. The number of carbonyl (C=O) groups excluding carboxylic acids is 1. The molecule has 0 bridgehead atoms. The number of amides is 1. The number of aromatic nitrogens is 1. The average Bonchev–Trinajstić information content (AvgIpc) is 2.90. The van der Waals surface area contributed by atoms with Crippen LogP contribution in [0, 0.1) is 6.92 Å². The molecule has 0 unspecified atom stereocenters. The molecule has 2 heterocycles. The van der Waals surface area contributed by atoms with Crippen LogP contribution in [-0.4, -0.2) is 18.0 Å². The topological polar surface area (TPSA) is 64.4 Å². The highest BCUT2D eigenvalue weighted by molar-refractivity contribution is 5.99. The Kier molecular flexibility index (Phi) is 3.78. The monoisotopic (exact) mass is 296 g/mol. The Bertz CT molecular complexity index is 809. The number of hydrogen-bond donors (Lipinski definition) is 1. The van der Waals surface area contributed by atoms with E-state index in [1.807, 2.05) is 31.2 Å². The van der Waals surface area contributed by atoms with Gasteiger partial charge in [0.25, 0.3) is 5.91 Å². The smallest absolute Gasteiger partial charge is 0.287 e. The molecule has 0 saturated carbocycles. The number of ether oxygens (including phenoxy) is 1. The number of rotatable bonds is 4. The summed E-state index contributed by atoms with van der Waals surface area (Å²) in [6, 6.07) is 11.0. The zero-order chi connectivity index (χ0) is 15.5. The molecule has 3 aromatic rings. The summed E-state index contributed by atoms with van der Waals surface area (Å²) in [6.45, 7) is 2.22. The molecule has 0 saturated heterocycles. The molecule has 1 N–H and O–H groups in total. The first kappa shape index (κ1) is 14.1. The van der Waals surface area contributed by atoms with Crippen LogP contribution in [0.1, 0.15) is 21.8 Å². The molecule has 2 aromatic heterocycles. The van der Waals surface area contributed by atoms with Gasteiger partial charge >= 0.3 is 0 Å². The number of furan rings is 1. The molecular weight excluding hydrogens is 280 g/mol. The van der Waals surface area contributed by atoms with Gasteiger partial charge in [-0.3, -0.25) is 9.78 Å². The second kappa shape index (κ2) is 5.89. The largest absolute Gasteiger partial charge is 0.497 e. The number of nitrogens with zero attached hydrogens (tertiary/aromatic N) is 1. The van der Waals surface area contributed by atoms with Crippen molar-refractivity contribution in [1.29, 1.82) is 0 Å². The molecule has 22 heavy (non-hydrogen) atoms. The summed E-state index contributed by atoms with van der Waals surface area (Å²) in [7, 11) is 1.61. The van der Waals surface area contributed by atoms with E-state index in [2.05, 4.69) is 10.3 Å². The summed E-state index contributed by atoms with van der Waals surface area (Å²) in [6.07, 6.45) is 1.69. The van der Waals surface area contributed by atoms with Gasteiger partial charge in [-0.1, -0.05) is 6.07 Å². The lowest BCUT2D eigenvalue weighted by Gasteiger charge is -2.03. The Balaban J connectivity index is 1.83. The predicted molar refractivity (Wildman–Crippen MR) is 82.9 cm³/mol. The fourth-order valence-electron chi connectivity index (χ4n) is 2.30. The minimum Gasteiger partial charge on any atom is -0.497 e. The van der Waals surface area contributed by atoms with Crippen LogP contribution in [0.15, 0.2) is 47.0 Å². The number of benzene rings is 1. The van der Waals surface area contributed by atoms with Gasteiger partial charge in [-0.05, 0) is 37.3 Å².